The van der Waals surface area contributed by atoms with E-state index in [1.54, 1.807) is 6.92 Å². The van der Waals surface area contributed by atoms with Gasteiger partial charge in [-0.15, -0.1) is 0 Å². The molecule has 110 valence electrons. The molecule has 3 heteroatoms. The molecule has 1 aliphatic rings. The van der Waals surface area contributed by atoms with E-state index in [2.05, 4.69) is 29.2 Å². The first-order valence-corrected chi connectivity index (χ1v) is 7.82. The van der Waals surface area contributed by atoms with E-state index in [0.717, 1.165) is 42.2 Å². The van der Waals surface area contributed by atoms with Crippen LogP contribution in [-0.4, -0.2) is 18.2 Å². The summed E-state index contributed by atoms with van der Waals surface area (Å²) in [4.78, 5) is 2.34. The zero-order chi connectivity index (χ0) is 14.8. The van der Waals surface area contributed by atoms with Gasteiger partial charge in [0.25, 0.3) is 0 Å². The van der Waals surface area contributed by atoms with Crippen molar-refractivity contribution < 1.29 is 5.11 Å². The van der Waals surface area contributed by atoms with Crippen molar-refractivity contribution >= 4 is 17.3 Å². The maximum absolute atomic E-state index is 9.64. The van der Waals surface area contributed by atoms with Gasteiger partial charge < -0.3 is 10.0 Å². The Balaban J connectivity index is 1.83. The fraction of sp³-hybridized carbons (Fsp3) is 0.333. The van der Waals surface area contributed by atoms with E-state index in [1.807, 2.05) is 18.2 Å². The number of aliphatic hydroxyl groups excluding tert-OH is 1. The van der Waals surface area contributed by atoms with Crippen LogP contribution in [0.3, 0.4) is 0 Å². The lowest BCUT2D eigenvalue weighted by Gasteiger charge is -2.24. The van der Waals surface area contributed by atoms with Gasteiger partial charge in [0, 0.05) is 13.1 Å². The number of anilines is 1. The fourth-order valence-electron chi connectivity index (χ4n) is 2.95. The van der Waals surface area contributed by atoms with Crippen molar-refractivity contribution in [2.75, 3.05) is 18.0 Å². The molecule has 1 aliphatic heterocycles. The van der Waals surface area contributed by atoms with E-state index >= 15 is 0 Å². The fourth-order valence-corrected chi connectivity index (χ4v) is 3.26. The Labute approximate surface area is 131 Å². The molecule has 1 N–H and O–H groups in total. The number of hydrogen-bond acceptors (Lipinski definition) is 2. The summed E-state index contributed by atoms with van der Waals surface area (Å²) in [6.07, 6.45) is 1.61. The Morgan fingerprint density at radius 1 is 1.05 bits per heavy atom. The highest BCUT2D eigenvalue weighted by Gasteiger charge is 2.16. The number of benzene rings is 2. The topological polar surface area (TPSA) is 23.5 Å². The largest absolute Gasteiger partial charge is 0.389 e. The number of rotatable bonds is 2. The zero-order valence-corrected chi connectivity index (χ0v) is 13.0. The van der Waals surface area contributed by atoms with Gasteiger partial charge in [-0.1, -0.05) is 41.9 Å². The summed E-state index contributed by atoms with van der Waals surface area (Å²) >= 11 is 6.42. The summed E-state index contributed by atoms with van der Waals surface area (Å²) in [5.74, 6) is 0. The maximum Gasteiger partial charge on any atom is 0.0762 e. The van der Waals surface area contributed by atoms with Crippen molar-refractivity contribution in [3.63, 3.8) is 0 Å². The van der Waals surface area contributed by atoms with Gasteiger partial charge in [0.05, 0.1) is 16.8 Å². The minimum Gasteiger partial charge on any atom is -0.389 e. The van der Waals surface area contributed by atoms with Gasteiger partial charge in [0.2, 0.25) is 0 Å². The minimum absolute atomic E-state index is 0.482. The van der Waals surface area contributed by atoms with Gasteiger partial charge in [-0.2, -0.15) is 0 Å². The zero-order valence-electron chi connectivity index (χ0n) is 12.2. The van der Waals surface area contributed by atoms with Crippen molar-refractivity contribution in [1.82, 2.24) is 0 Å². The summed E-state index contributed by atoms with van der Waals surface area (Å²) in [6, 6.07) is 14.5. The van der Waals surface area contributed by atoms with Gasteiger partial charge >= 0.3 is 0 Å². The van der Waals surface area contributed by atoms with Crippen molar-refractivity contribution in [3.8, 4) is 0 Å². The second-order valence-corrected chi connectivity index (χ2v) is 6.05. The normalized spacial score (nSPS) is 16.2. The highest BCUT2D eigenvalue weighted by atomic mass is 35.5. The third-order valence-corrected chi connectivity index (χ3v) is 4.52. The van der Waals surface area contributed by atoms with Gasteiger partial charge in [0.15, 0.2) is 0 Å². The van der Waals surface area contributed by atoms with Crippen LogP contribution in [0.5, 0.6) is 0 Å². The van der Waals surface area contributed by atoms with Crippen LogP contribution in [0.4, 0.5) is 5.69 Å². The molecule has 21 heavy (non-hydrogen) atoms. The first-order chi connectivity index (χ1) is 10.1. The molecule has 1 heterocycles. The lowest BCUT2D eigenvalue weighted by atomic mass is 10.0. The molecule has 0 saturated carbocycles. The molecular formula is C18H20ClNO. The van der Waals surface area contributed by atoms with E-state index in [0.29, 0.717) is 0 Å². The average molecular weight is 302 g/mol. The molecule has 1 unspecified atom stereocenters. The molecule has 2 aromatic carbocycles. The second kappa shape index (κ2) is 6.08. The van der Waals surface area contributed by atoms with Crippen LogP contribution >= 0.6 is 11.6 Å². The third-order valence-electron chi connectivity index (χ3n) is 4.22. The molecule has 0 amide bonds. The van der Waals surface area contributed by atoms with Crippen LogP contribution in [0.15, 0.2) is 42.5 Å². The Morgan fingerprint density at radius 2 is 1.67 bits per heavy atom. The lowest BCUT2D eigenvalue weighted by Crippen LogP contribution is -2.26. The number of hydrogen-bond donors (Lipinski definition) is 1. The van der Waals surface area contributed by atoms with E-state index in [9.17, 15) is 5.11 Å². The minimum atomic E-state index is -0.482. The van der Waals surface area contributed by atoms with Crippen LogP contribution < -0.4 is 4.90 Å². The molecule has 0 aliphatic carbocycles. The summed E-state index contributed by atoms with van der Waals surface area (Å²) in [5.41, 5.74) is 4.81. The predicted molar refractivity (Wildman–Crippen MR) is 88.1 cm³/mol. The van der Waals surface area contributed by atoms with Crippen molar-refractivity contribution in [1.29, 1.82) is 0 Å². The highest BCUT2D eigenvalue weighted by molar-refractivity contribution is 6.33. The van der Waals surface area contributed by atoms with Crippen LogP contribution in [0.25, 0.3) is 0 Å². The first kappa shape index (κ1) is 14.4. The molecule has 0 fully saturated rings. The standard InChI is InChI=1S/C18H20ClNO/c1-13(21)16-6-7-18(17(19)12-16)20-10-8-14-4-2-3-5-15(14)9-11-20/h2-7,12-13,21H,8-11H2,1H3. The molecule has 0 spiro atoms. The maximum atomic E-state index is 9.64. The molecule has 0 bridgehead atoms. The second-order valence-electron chi connectivity index (χ2n) is 5.64. The predicted octanol–water partition coefficient (Wildman–Crippen LogP) is 4.00. The van der Waals surface area contributed by atoms with E-state index in [1.165, 1.54) is 11.1 Å². The first-order valence-electron chi connectivity index (χ1n) is 7.44. The lowest BCUT2D eigenvalue weighted by molar-refractivity contribution is 0.199. The van der Waals surface area contributed by atoms with E-state index in [-0.39, 0.29) is 0 Å². The summed E-state index contributed by atoms with van der Waals surface area (Å²) in [5, 5.41) is 10.4. The smallest absolute Gasteiger partial charge is 0.0762 e. The number of fused-ring (bicyclic) bond motifs is 1. The van der Waals surface area contributed by atoms with Crippen molar-refractivity contribution in [3.05, 3.63) is 64.2 Å². The monoisotopic (exact) mass is 301 g/mol. The Kier molecular flexibility index (Phi) is 4.18. The van der Waals surface area contributed by atoms with Crippen LogP contribution in [-0.2, 0) is 12.8 Å². The molecule has 0 aromatic heterocycles. The summed E-state index contributed by atoms with van der Waals surface area (Å²) in [7, 11) is 0. The van der Waals surface area contributed by atoms with Crippen molar-refractivity contribution in [2.24, 2.45) is 0 Å². The number of aliphatic hydroxyl groups is 1. The van der Waals surface area contributed by atoms with E-state index < -0.39 is 6.10 Å². The molecule has 2 nitrogen and oxygen atoms in total. The summed E-state index contributed by atoms with van der Waals surface area (Å²) in [6.45, 7) is 3.71. The van der Waals surface area contributed by atoms with Crippen molar-refractivity contribution in [2.45, 2.75) is 25.9 Å². The molecule has 3 rings (SSSR count). The Morgan fingerprint density at radius 3 is 2.19 bits per heavy atom. The quantitative estimate of drug-likeness (QED) is 0.906. The Hall–Kier alpha value is -1.51. The number of nitrogens with zero attached hydrogens (tertiary/aromatic N) is 1. The number of halogens is 1. The third kappa shape index (κ3) is 3.07. The van der Waals surface area contributed by atoms with Gasteiger partial charge in [-0.3, -0.25) is 0 Å². The van der Waals surface area contributed by atoms with Crippen LogP contribution in [0.1, 0.15) is 29.7 Å². The summed E-state index contributed by atoms with van der Waals surface area (Å²) < 4.78 is 0. The van der Waals surface area contributed by atoms with Crippen LogP contribution in [0, 0.1) is 0 Å². The van der Waals surface area contributed by atoms with E-state index in [4.69, 9.17) is 11.6 Å². The molecule has 2 aromatic rings. The van der Waals surface area contributed by atoms with Crippen LogP contribution in [0.2, 0.25) is 5.02 Å². The SMILES string of the molecule is CC(O)c1ccc(N2CCc3ccccc3CC2)c(Cl)c1. The molecular weight excluding hydrogens is 282 g/mol. The van der Waals surface area contributed by atoms with Gasteiger partial charge in [-0.05, 0) is 48.6 Å². The molecule has 0 saturated heterocycles. The van der Waals surface area contributed by atoms with Gasteiger partial charge in [0.1, 0.15) is 0 Å². The average Bonchev–Trinajstić information content (AvgIpc) is 2.70. The Bertz CT molecular complexity index is 612. The van der Waals surface area contributed by atoms with Gasteiger partial charge in [-0.25, -0.2) is 0 Å². The molecule has 0 radical (unpaired) electrons. The highest BCUT2D eigenvalue weighted by Crippen LogP contribution is 2.30. The molecule has 1 atom stereocenters.